The zero-order valence-electron chi connectivity index (χ0n) is 17.0. The normalized spacial score (nSPS) is 17.4. The molecule has 1 fully saturated rings. The summed E-state index contributed by atoms with van der Waals surface area (Å²) in [5, 5.41) is -0.0660. The molecule has 0 aromatic heterocycles. The van der Waals surface area contributed by atoms with Crippen molar-refractivity contribution in [3.63, 3.8) is 0 Å². The number of rotatable bonds is 8. The quantitative estimate of drug-likeness (QED) is 0.473. The highest BCUT2D eigenvalue weighted by Crippen LogP contribution is 2.27. The smallest absolute Gasteiger partial charge is 0.291 e. The molecule has 0 N–H and O–H groups in total. The van der Waals surface area contributed by atoms with Crippen molar-refractivity contribution in [3.8, 4) is 0 Å². The van der Waals surface area contributed by atoms with Gasteiger partial charge in [-0.05, 0) is 50.2 Å². The third-order valence-electron chi connectivity index (χ3n) is 5.52. The molecule has 1 aromatic rings. The molecule has 6 heteroatoms. The van der Waals surface area contributed by atoms with Crippen LogP contribution in [0.25, 0.3) is 0 Å². The van der Waals surface area contributed by atoms with Gasteiger partial charge in [-0.2, -0.15) is 0 Å². The summed E-state index contributed by atoms with van der Waals surface area (Å²) in [5.41, 5.74) is -0.0629. The molecule has 0 aliphatic carbocycles. The number of carbonyl (C=O) groups is 3. The second-order valence-corrected chi connectivity index (χ2v) is 9.04. The third kappa shape index (κ3) is 5.66. The fraction of sp³-hybridized carbons (Fsp3) is 0.591. The van der Waals surface area contributed by atoms with E-state index in [1.165, 1.54) is 22.7 Å². The van der Waals surface area contributed by atoms with Crippen molar-refractivity contribution in [2.24, 2.45) is 5.41 Å². The number of carbonyl (C=O) groups excluding carboxylic acids is 3. The molecule has 1 unspecified atom stereocenters. The van der Waals surface area contributed by atoms with E-state index in [4.69, 9.17) is 0 Å². The molecule has 1 saturated heterocycles. The molecule has 1 aliphatic heterocycles. The topological polar surface area (TPSA) is 54.5 Å². The van der Waals surface area contributed by atoms with Gasteiger partial charge in [0, 0.05) is 17.7 Å². The maximum absolute atomic E-state index is 13.7. The number of aryl methyl sites for hydroxylation is 1. The van der Waals surface area contributed by atoms with E-state index >= 15 is 0 Å². The van der Waals surface area contributed by atoms with Gasteiger partial charge in [0.05, 0.1) is 0 Å². The van der Waals surface area contributed by atoms with Crippen LogP contribution < -0.4 is 0 Å². The van der Waals surface area contributed by atoms with Crippen LogP contribution in [0.3, 0.4) is 0 Å². The van der Waals surface area contributed by atoms with Crippen molar-refractivity contribution < 1.29 is 18.8 Å². The molecule has 1 amide bonds. The van der Waals surface area contributed by atoms with E-state index < -0.39 is 23.1 Å². The second kappa shape index (κ2) is 10.2. The SMILES string of the molecule is CCC(C)(C)C(=O)C(=O)N1CCCCC1C(=O)SCCCc1ccccc1F. The first-order valence-corrected chi connectivity index (χ1v) is 11.0. The van der Waals surface area contributed by atoms with E-state index in [-0.39, 0.29) is 10.9 Å². The molecule has 0 saturated carbocycles. The number of hydrogen-bond acceptors (Lipinski definition) is 4. The third-order valence-corrected chi connectivity index (χ3v) is 6.57. The highest BCUT2D eigenvalue weighted by molar-refractivity contribution is 8.13. The maximum atomic E-state index is 13.7. The van der Waals surface area contributed by atoms with E-state index in [0.717, 1.165) is 12.8 Å². The molecule has 28 heavy (non-hydrogen) atoms. The number of likely N-dealkylation sites (tertiary alicyclic amines) is 1. The summed E-state index contributed by atoms with van der Waals surface area (Å²) in [6.45, 7) is 5.88. The van der Waals surface area contributed by atoms with Crippen LogP contribution in [0.1, 0.15) is 58.4 Å². The van der Waals surface area contributed by atoms with Crippen LogP contribution in [-0.2, 0) is 20.8 Å². The summed E-state index contributed by atoms with van der Waals surface area (Å²) in [6, 6.07) is 6.12. The number of halogens is 1. The van der Waals surface area contributed by atoms with E-state index in [2.05, 4.69) is 0 Å². The minimum Gasteiger partial charge on any atom is -0.325 e. The minimum absolute atomic E-state index is 0.0660. The predicted octanol–water partition coefficient (Wildman–Crippen LogP) is 4.40. The molecule has 1 heterocycles. The Morgan fingerprint density at radius 1 is 1.21 bits per heavy atom. The Morgan fingerprint density at radius 2 is 1.93 bits per heavy atom. The summed E-state index contributed by atoms with van der Waals surface area (Å²) in [7, 11) is 0. The molecule has 2 rings (SSSR count). The number of benzene rings is 1. The molecular formula is C22H30FNO3S. The van der Waals surface area contributed by atoms with Crippen LogP contribution in [0.2, 0.25) is 0 Å². The lowest BCUT2D eigenvalue weighted by Crippen LogP contribution is -2.52. The van der Waals surface area contributed by atoms with Crippen molar-refractivity contribution in [3.05, 3.63) is 35.6 Å². The van der Waals surface area contributed by atoms with Crippen molar-refractivity contribution in [1.29, 1.82) is 0 Å². The molecular weight excluding hydrogens is 377 g/mol. The first kappa shape index (κ1) is 22.6. The predicted molar refractivity (Wildman–Crippen MR) is 111 cm³/mol. The monoisotopic (exact) mass is 407 g/mol. The largest absolute Gasteiger partial charge is 0.325 e. The van der Waals surface area contributed by atoms with Crippen LogP contribution in [0.4, 0.5) is 4.39 Å². The van der Waals surface area contributed by atoms with E-state index in [9.17, 15) is 18.8 Å². The average Bonchev–Trinajstić information content (AvgIpc) is 2.71. The Hall–Kier alpha value is -1.69. The van der Waals surface area contributed by atoms with Crippen molar-refractivity contribution >= 4 is 28.6 Å². The molecule has 1 atom stereocenters. The summed E-state index contributed by atoms with van der Waals surface area (Å²) >= 11 is 1.19. The maximum Gasteiger partial charge on any atom is 0.291 e. The molecule has 1 aromatic carbocycles. The zero-order chi connectivity index (χ0) is 20.7. The fourth-order valence-electron chi connectivity index (χ4n) is 3.23. The van der Waals surface area contributed by atoms with Crippen LogP contribution >= 0.6 is 11.8 Å². The van der Waals surface area contributed by atoms with Crippen molar-refractivity contribution in [2.45, 2.75) is 65.3 Å². The van der Waals surface area contributed by atoms with Crippen molar-refractivity contribution in [1.82, 2.24) is 4.90 Å². The lowest BCUT2D eigenvalue weighted by atomic mass is 9.84. The van der Waals surface area contributed by atoms with Gasteiger partial charge < -0.3 is 4.90 Å². The second-order valence-electron chi connectivity index (χ2n) is 7.94. The lowest BCUT2D eigenvalue weighted by Gasteiger charge is -2.35. The number of piperidine rings is 1. The molecule has 1 aliphatic rings. The van der Waals surface area contributed by atoms with Crippen LogP contribution in [0.5, 0.6) is 0 Å². The summed E-state index contributed by atoms with van der Waals surface area (Å²) < 4.78 is 13.7. The van der Waals surface area contributed by atoms with Gasteiger partial charge in [0.25, 0.3) is 5.91 Å². The number of Topliss-reactive ketones (excluding diaryl/α,β-unsaturated/α-hetero) is 1. The molecule has 154 valence electrons. The number of thioether (sulfide) groups is 1. The van der Waals surface area contributed by atoms with E-state index in [0.29, 0.717) is 43.5 Å². The van der Waals surface area contributed by atoms with Crippen LogP contribution in [0.15, 0.2) is 24.3 Å². The molecule has 0 radical (unpaired) electrons. The van der Waals surface area contributed by atoms with Gasteiger partial charge in [0.2, 0.25) is 10.9 Å². The number of hydrogen-bond donors (Lipinski definition) is 0. The first-order valence-electron chi connectivity index (χ1n) is 10.0. The lowest BCUT2D eigenvalue weighted by molar-refractivity contribution is -0.152. The molecule has 0 bridgehead atoms. The highest BCUT2D eigenvalue weighted by Gasteiger charge is 2.39. The van der Waals surface area contributed by atoms with E-state index in [1.54, 1.807) is 32.0 Å². The molecule has 4 nitrogen and oxygen atoms in total. The Labute approximate surface area is 171 Å². The Kier molecular flexibility index (Phi) is 8.23. The van der Waals surface area contributed by atoms with Gasteiger partial charge >= 0.3 is 0 Å². The first-order chi connectivity index (χ1) is 13.3. The van der Waals surface area contributed by atoms with Gasteiger partial charge in [0.15, 0.2) is 0 Å². The Bertz CT molecular complexity index is 719. The number of ketones is 1. The summed E-state index contributed by atoms with van der Waals surface area (Å²) in [4.78, 5) is 39.5. The average molecular weight is 408 g/mol. The summed E-state index contributed by atoms with van der Waals surface area (Å²) in [6.07, 6.45) is 4.12. The highest BCUT2D eigenvalue weighted by atomic mass is 32.2. The van der Waals surface area contributed by atoms with Crippen LogP contribution in [-0.4, -0.2) is 40.0 Å². The van der Waals surface area contributed by atoms with Gasteiger partial charge in [-0.25, -0.2) is 4.39 Å². The van der Waals surface area contributed by atoms with Crippen molar-refractivity contribution in [2.75, 3.05) is 12.3 Å². The van der Waals surface area contributed by atoms with Gasteiger partial charge in [-0.15, -0.1) is 0 Å². The van der Waals surface area contributed by atoms with Crippen LogP contribution in [0, 0.1) is 11.2 Å². The Balaban J connectivity index is 1.91. The number of amides is 1. The van der Waals surface area contributed by atoms with Gasteiger partial charge in [0.1, 0.15) is 11.9 Å². The minimum atomic E-state index is -0.713. The van der Waals surface area contributed by atoms with Gasteiger partial charge in [-0.1, -0.05) is 50.7 Å². The van der Waals surface area contributed by atoms with Gasteiger partial charge in [-0.3, -0.25) is 14.4 Å². The number of nitrogens with zero attached hydrogens (tertiary/aromatic N) is 1. The standard InChI is InChI=1S/C22H30FNO3S/c1-4-22(2,3)19(25)20(26)24-14-8-7-13-18(24)21(27)28-15-9-11-16-10-5-6-12-17(16)23/h5-6,10,12,18H,4,7-9,11,13-15H2,1-3H3. The van der Waals surface area contributed by atoms with E-state index in [1.807, 2.05) is 6.92 Å². The Morgan fingerprint density at radius 3 is 2.61 bits per heavy atom. The fourth-order valence-corrected chi connectivity index (χ4v) is 4.16. The molecule has 0 spiro atoms. The zero-order valence-corrected chi connectivity index (χ0v) is 17.8. The summed E-state index contributed by atoms with van der Waals surface area (Å²) in [5.74, 6) is -0.601.